The second kappa shape index (κ2) is 8.29. The Hall–Kier alpha value is -2.76. The van der Waals surface area contributed by atoms with Crippen molar-refractivity contribution in [2.24, 2.45) is 0 Å². The Morgan fingerprint density at radius 2 is 2.15 bits per heavy atom. The molecule has 0 unspecified atom stereocenters. The highest BCUT2D eigenvalue weighted by atomic mass is 79.9. The van der Waals surface area contributed by atoms with Crippen LogP contribution in [0.2, 0.25) is 0 Å². The number of benzene rings is 2. The maximum absolute atomic E-state index is 13.9. The van der Waals surface area contributed by atoms with Crippen LogP contribution in [0.15, 0.2) is 47.1 Å². The van der Waals surface area contributed by atoms with Crippen LogP contribution >= 0.6 is 27.3 Å². The van der Waals surface area contributed by atoms with E-state index >= 15 is 0 Å². The first-order valence-corrected chi connectivity index (χ1v) is 9.43. The fourth-order valence-corrected chi connectivity index (χ4v) is 3.61. The minimum absolute atomic E-state index is 0.168. The lowest BCUT2D eigenvalue weighted by atomic mass is 10.2. The summed E-state index contributed by atoms with van der Waals surface area (Å²) in [5.74, 6) is -0.626. The number of hydrogen-bond acceptors (Lipinski definition) is 6. The molecule has 0 N–H and O–H groups in total. The number of nitrogens with zero attached hydrogens (tertiary/aromatic N) is 2. The number of nitriles is 1. The van der Waals surface area contributed by atoms with Gasteiger partial charge >= 0.3 is 5.97 Å². The molecule has 0 bridgehead atoms. The van der Waals surface area contributed by atoms with Crippen molar-refractivity contribution in [2.45, 2.75) is 6.92 Å². The van der Waals surface area contributed by atoms with Gasteiger partial charge in [0.05, 0.1) is 28.9 Å². The van der Waals surface area contributed by atoms with Crippen LogP contribution in [0.5, 0.6) is 11.5 Å². The van der Waals surface area contributed by atoms with Crippen LogP contribution < -0.4 is 9.47 Å². The van der Waals surface area contributed by atoms with E-state index in [-0.39, 0.29) is 16.4 Å². The maximum atomic E-state index is 13.9. The molecule has 0 aliphatic rings. The summed E-state index contributed by atoms with van der Waals surface area (Å²) < 4.78 is 25.2. The normalized spacial score (nSPS) is 10.3. The number of carbonyl (C=O) groups excluding carboxylic acids is 1. The Morgan fingerprint density at radius 3 is 2.85 bits per heavy atom. The molecule has 0 saturated carbocycles. The molecule has 5 nitrogen and oxygen atoms in total. The summed E-state index contributed by atoms with van der Waals surface area (Å²) >= 11 is 4.32. The van der Waals surface area contributed by atoms with Crippen molar-refractivity contribution in [3.63, 3.8) is 0 Å². The molecule has 0 aliphatic heterocycles. The van der Waals surface area contributed by atoms with E-state index in [1.54, 1.807) is 25.1 Å². The quantitative estimate of drug-likeness (QED) is 0.397. The van der Waals surface area contributed by atoms with Gasteiger partial charge in [-0.1, -0.05) is 12.1 Å². The number of aromatic nitrogens is 1. The van der Waals surface area contributed by atoms with Gasteiger partial charge in [0, 0.05) is 11.6 Å². The number of carbonyl (C=O) groups is 1. The topological polar surface area (TPSA) is 72.2 Å². The van der Waals surface area contributed by atoms with Gasteiger partial charge in [0.1, 0.15) is 15.7 Å². The molecule has 1 heterocycles. The van der Waals surface area contributed by atoms with Gasteiger partial charge in [-0.05, 0) is 41.1 Å². The Labute approximate surface area is 167 Å². The first-order chi connectivity index (χ1) is 13.0. The van der Waals surface area contributed by atoms with E-state index in [4.69, 9.17) is 14.7 Å². The van der Waals surface area contributed by atoms with Gasteiger partial charge in [-0.15, -0.1) is 11.3 Å². The fourth-order valence-electron chi connectivity index (χ4n) is 2.27. The lowest BCUT2D eigenvalue weighted by Crippen LogP contribution is -2.08. The monoisotopic (exact) mass is 446 g/mol. The molecule has 27 heavy (non-hydrogen) atoms. The molecule has 0 saturated heterocycles. The maximum Gasteiger partial charge on any atom is 0.355 e. The highest BCUT2D eigenvalue weighted by Crippen LogP contribution is 2.38. The predicted molar refractivity (Wildman–Crippen MR) is 102 cm³/mol. The van der Waals surface area contributed by atoms with Crippen LogP contribution in [-0.2, 0) is 0 Å². The largest absolute Gasteiger partial charge is 0.490 e. The number of hydrogen-bond donors (Lipinski definition) is 0. The number of rotatable bonds is 5. The third kappa shape index (κ3) is 4.15. The van der Waals surface area contributed by atoms with E-state index in [9.17, 15) is 9.18 Å². The van der Waals surface area contributed by atoms with Crippen LogP contribution in [-0.4, -0.2) is 17.6 Å². The van der Waals surface area contributed by atoms with Crippen molar-refractivity contribution in [3.05, 3.63) is 63.3 Å². The summed E-state index contributed by atoms with van der Waals surface area (Å²) in [7, 11) is 0. The van der Waals surface area contributed by atoms with Crippen molar-refractivity contribution in [2.75, 3.05) is 6.61 Å². The van der Waals surface area contributed by atoms with E-state index in [1.807, 2.05) is 6.07 Å². The molecule has 1 aromatic heterocycles. The standard InChI is InChI=1S/C19H12BrFN2O3S/c1-2-25-15-8-11(9-22)7-13(20)17(15)26-19(24)16-10-23-18(27-16)12-5-3-4-6-14(12)21/h3-8,10H,2H2,1H3. The Bertz CT molecular complexity index is 1050. The van der Waals surface area contributed by atoms with Crippen LogP contribution in [0.1, 0.15) is 22.2 Å². The summed E-state index contributed by atoms with van der Waals surface area (Å²) in [5.41, 5.74) is 0.681. The Balaban J connectivity index is 1.89. The molecule has 136 valence electrons. The highest BCUT2D eigenvalue weighted by Gasteiger charge is 2.20. The SMILES string of the molecule is CCOc1cc(C#N)cc(Br)c1OC(=O)c1cnc(-c2ccccc2F)s1. The van der Waals surface area contributed by atoms with Crippen LogP contribution in [0.3, 0.4) is 0 Å². The first-order valence-electron chi connectivity index (χ1n) is 7.82. The van der Waals surface area contributed by atoms with Crippen LogP contribution in [0.4, 0.5) is 4.39 Å². The number of ether oxygens (including phenoxy) is 2. The molecular formula is C19H12BrFN2O3S. The summed E-state index contributed by atoms with van der Waals surface area (Å²) in [6.07, 6.45) is 1.34. The fraction of sp³-hybridized carbons (Fsp3) is 0.105. The number of halogens is 2. The molecular weight excluding hydrogens is 435 g/mol. The van der Waals surface area contributed by atoms with E-state index in [2.05, 4.69) is 20.9 Å². The average molecular weight is 447 g/mol. The van der Waals surface area contributed by atoms with Crippen LogP contribution in [0.25, 0.3) is 10.6 Å². The highest BCUT2D eigenvalue weighted by molar-refractivity contribution is 9.10. The Morgan fingerprint density at radius 1 is 1.37 bits per heavy atom. The molecule has 0 aliphatic carbocycles. The van der Waals surface area contributed by atoms with Gasteiger partial charge in [-0.25, -0.2) is 14.2 Å². The zero-order chi connectivity index (χ0) is 19.4. The number of esters is 1. The number of thiazole rings is 1. The zero-order valence-electron chi connectivity index (χ0n) is 14.0. The summed E-state index contributed by atoms with van der Waals surface area (Å²) in [6, 6.07) is 11.2. The van der Waals surface area contributed by atoms with Crippen molar-refractivity contribution < 1.29 is 18.7 Å². The minimum atomic E-state index is -0.651. The summed E-state index contributed by atoms with van der Waals surface area (Å²) in [5, 5.41) is 9.45. The molecule has 0 spiro atoms. The van der Waals surface area contributed by atoms with E-state index in [0.29, 0.717) is 27.2 Å². The molecule has 3 aromatic rings. The summed E-state index contributed by atoms with van der Waals surface area (Å²) in [4.78, 5) is 16.8. The molecule has 8 heteroatoms. The van der Waals surface area contributed by atoms with E-state index in [0.717, 1.165) is 11.3 Å². The van der Waals surface area contributed by atoms with Crippen LogP contribution in [0, 0.1) is 17.1 Å². The third-order valence-corrected chi connectivity index (χ3v) is 5.04. The van der Waals surface area contributed by atoms with Gasteiger partial charge in [0.15, 0.2) is 11.5 Å². The molecule has 0 radical (unpaired) electrons. The van der Waals surface area contributed by atoms with Crippen molar-refractivity contribution >= 4 is 33.2 Å². The van der Waals surface area contributed by atoms with Crippen molar-refractivity contribution in [1.29, 1.82) is 5.26 Å². The van der Waals surface area contributed by atoms with E-state index < -0.39 is 11.8 Å². The second-order valence-electron chi connectivity index (χ2n) is 5.23. The lowest BCUT2D eigenvalue weighted by Gasteiger charge is -2.12. The average Bonchev–Trinajstić information content (AvgIpc) is 3.14. The Kier molecular flexibility index (Phi) is 5.84. The smallest absolute Gasteiger partial charge is 0.355 e. The summed E-state index contributed by atoms with van der Waals surface area (Å²) in [6.45, 7) is 2.12. The van der Waals surface area contributed by atoms with Crippen molar-refractivity contribution in [3.8, 4) is 28.1 Å². The van der Waals surface area contributed by atoms with E-state index in [1.165, 1.54) is 24.4 Å². The van der Waals surface area contributed by atoms with Gasteiger partial charge in [-0.3, -0.25) is 0 Å². The molecule has 2 aromatic carbocycles. The van der Waals surface area contributed by atoms with Gasteiger partial charge in [-0.2, -0.15) is 5.26 Å². The lowest BCUT2D eigenvalue weighted by molar-refractivity contribution is 0.0732. The molecule has 0 amide bonds. The predicted octanol–water partition coefficient (Wildman–Crippen LogP) is 5.20. The molecule has 0 fully saturated rings. The first kappa shape index (κ1) is 19.0. The minimum Gasteiger partial charge on any atom is -0.490 e. The van der Waals surface area contributed by atoms with Gasteiger partial charge in [0.25, 0.3) is 0 Å². The van der Waals surface area contributed by atoms with Gasteiger partial charge in [0.2, 0.25) is 0 Å². The second-order valence-corrected chi connectivity index (χ2v) is 7.11. The zero-order valence-corrected chi connectivity index (χ0v) is 16.4. The third-order valence-electron chi connectivity index (χ3n) is 3.44. The van der Waals surface area contributed by atoms with Gasteiger partial charge < -0.3 is 9.47 Å². The molecule has 0 atom stereocenters. The van der Waals surface area contributed by atoms with Crippen molar-refractivity contribution in [1.82, 2.24) is 4.98 Å². The molecule has 3 rings (SSSR count).